The van der Waals surface area contributed by atoms with Crippen LogP contribution in [0.3, 0.4) is 0 Å². The van der Waals surface area contributed by atoms with E-state index in [9.17, 15) is 74.9 Å². The first-order valence-electron chi connectivity index (χ1n) is 36.1. The molecule has 94 heavy (non-hydrogen) atoms. The number of hydrogen-bond donors (Lipinski definition) is 11. The quantitative estimate of drug-likeness (QED) is 0.00889. The van der Waals surface area contributed by atoms with Gasteiger partial charge in [0.05, 0.1) is 13.2 Å². The highest BCUT2D eigenvalue weighted by molar-refractivity contribution is 7.47. The average molecular weight is 1370 g/mol. The summed E-state index contributed by atoms with van der Waals surface area (Å²) < 4.78 is 64.8. The highest BCUT2D eigenvalue weighted by Crippen LogP contribution is 2.49. The van der Waals surface area contributed by atoms with Crippen LogP contribution in [0.15, 0.2) is 24.3 Å². The van der Waals surface area contributed by atoms with Gasteiger partial charge in [-0.05, 0) is 70.6 Å². The molecule has 18 unspecified atom stereocenters. The Balaban J connectivity index is 1.77. The summed E-state index contributed by atoms with van der Waals surface area (Å²) in [5.41, 5.74) is 0. The van der Waals surface area contributed by atoms with Crippen LogP contribution < -0.4 is 0 Å². The fourth-order valence-corrected chi connectivity index (χ4v) is 12.7. The molecule has 3 aliphatic rings. The number of phosphoric acid groups is 1. The second kappa shape index (κ2) is 51.6. The minimum Gasteiger partial charge on any atom is -0.463 e. The van der Waals surface area contributed by atoms with Gasteiger partial charge in [0, 0.05) is 19.3 Å². The van der Waals surface area contributed by atoms with E-state index in [0.717, 1.165) is 89.9 Å². The summed E-state index contributed by atoms with van der Waals surface area (Å²) in [6.45, 7) is 3.37. The molecule has 2 heterocycles. The second-order valence-electron chi connectivity index (χ2n) is 25.9. The first kappa shape index (κ1) is 85.7. The number of ether oxygens (including phenoxy) is 7. The van der Waals surface area contributed by atoms with Gasteiger partial charge < -0.3 is 89.1 Å². The van der Waals surface area contributed by atoms with Gasteiger partial charge >= 0.3 is 25.7 Å². The van der Waals surface area contributed by atoms with Crippen LogP contribution in [-0.2, 0) is 61.2 Å². The molecule has 3 fully saturated rings. The first-order chi connectivity index (χ1) is 45.3. The van der Waals surface area contributed by atoms with Crippen molar-refractivity contribution in [1.29, 1.82) is 0 Å². The molecule has 3 rings (SSSR count). The van der Waals surface area contributed by atoms with E-state index in [1.807, 2.05) is 0 Å². The molecule has 0 aromatic carbocycles. The summed E-state index contributed by atoms with van der Waals surface area (Å²) in [5.74, 6) is -2.03. The SMILES string of the molecule is CCCCCCCC/C=C\CCCCCC(=O)OCC(COP(=O)(O)OC1C(OC2OC(CO)C(O)C(O)C2O)C(O)C(O)C(O)C1OC1OC(COC(=O)CCCCCCCCCCCCCC)C(O)C(O)C1O)OC(=O)CCCCC/C=C\CCCCCCCCC. The van der Waals surface area contributed by atoms with Crippen LogP contribution in [0.25, 0.3) is 0 Å². The molecule has 0 spiro atoms. The zero-order valence-corrected chi connectivity index (χ0v) is 57.9. The largest absolute Gasteiger partial charge is 0.472 e. The van der Waals surface area contributed by atoms with Crippen molar-refractivity contribution in [3.63, 3.8) is 0 Å². The van der Waals surface area contributed by atoms with Crippen LogP contribution in [0.2, 0.25) is 0 Å². The Morgan fingerprint density at radius 3 is 1.16 bits per heavy atom. The van der Waals surface area contributed by atoms with E-state index in [4.69, 9.17) is 42.2 Å². The van der Waals surface area contributed by atoms with E-state index < -0.39 is 156 Å². The van der Waals surface area contributed by atoms with Gasteiger partial charge in [0.2, 0.25) is 0 Å². The van der Waals surface area contributed by atoms with Crippen molar-refractivity contribution in [1.82, 2.24) is 0 Å². The lowest BCUT2D eigenvalue weighted by Gasteiger charge is -2.49. The van der Waals surface area contributed by atoms with Crippen molar-refractivity contribution in [3.05, 3.63) is 24.3 Å². The van der Waals surface area contributed by atoms with E-state index in [2.05, 4.69) is 45.1 Å². The normalized spacial score (nSPS) is 28.4. The topological polar surface area (TPSA) is 374 Å². The summed E-state index contributed by atoms with van der Waals surface area (Å²) in [4.78, 5) is 50.8. The van der Waals surface area contributed by atoms with Crippen LogP contribution in [0.4, 0.5) is 0 Å². The standard InChI is InChI=1S/C69H125O24P/c1-4-7-10-13-16-19-22-25-27-30-33-36-39-42-45-55(73)88-50(47-85-53(71)43-40-37-34-32-29-26-23-20-17-14-11-8-5-2)48-87-94(83,84)93-67-65(91-68-63(81)58(76)56(74)51(46-70)89-68)61(79)60(78)62(80)66(67)92-69-64(82)59(77)57(75)52(90-69)49-86-54(72)44-41-38-35-31-28-24-21-18-15-12-9-6-3/h26-27,29-30,50-52,56-70,74-82H,4-25,28,31-49H2,1-3H3,(H,83,84)/b29-26-,30-27-. The van der Waals surface area contributed by atoms with Gasteiger partial charge in [-0.15, -0.1) is 0 Å². The zero-order chi connectivity index (χ0) is 68.9. The van der Waals surface area contributed by atoms with Gasteiger partial charge in [0.15, 0.2) is 18.7 Å². The summed E-state index contributed by atoms with van der Waals surface area (Å²) in [5, 5.41) is 110. The number of aliphatic hydroxyl groups excluding tert-OH is 10. The molecule has 0 radical (unpaired) electrons. The smallest absolute Gasteiger partial charge is 0.463 e. The summed E-state index contributed by atoms with van der Waals surface area (Å²) >= 11 is 0. The number of phosphoric ester groups is 1. The molecule has 11 N–H and O–H groups in total. The van der Waals surface area contributed by atoms with E-state index in [-0.39, 0.29) is 19.3 Å². The number of rotatable bonds is 55. The van der Waals surface area contributed by atoms with Gasteiger partial charge in [0.25, 0.3) is 0 Å². The van der Waals surface area contributed by atoms with Crippen LogP contribution in [0.5, 0.6) is 0 Å². The molecule has 1 saturated carbocycles. The highest BCUT2D eigenvalue weighted by Gasteiger charge is 2.58. The number of esters is 3. The van der Waals surface area contributed by atoms with Crippen molar-refractivity contribution >= 4 is 25.7 Å². The Kier molecular flexibility index (Phi) is 47.0. The van der Waals surface area contributed by atoms with Crippen molar-refractivity contribution in [2.45, 2.75) is 369 Å². The number of carbonyl (C=O) groups excluding carboxylic acids is 3. The van der Waals surface area contributed by atoms with Gasteiger partial charge in [-0.2, -0.15) is 0 Å². The maximum atomic E-state index is 14.3. The van der Waals surface area contributed by atoms with Crippen LogP contribution in [0, 0.1) is 0 Å². The lowest BCUT2D eigenvalue weighted by molar-refractivity contribution is -0.360. The predicted molar refractivity (Wildman–Crippen MR) is 351 cm³/mol. The predicted octanol–water partition coefficient (Wildman–Crippen LogP) is 8.96. The number of carbonyl (C=O) groups is 3. The number of unbranched alkanes of at least 4 members (excludes halogenated alkanes) is 30. The Bertz CT molecular complexity index is 2050. The molecule has 0 aromatic rings. The molecule has 1 aliphatic carbocycles. The fourth-order valence-electron chi connectivity index (χ4n) is 11.7. The minimum atomic E-state index is -5.70. The Labute approximate surface area is 560 Å². The third-order valence-electron chi connectivity index (χ3n) is 17.7. The van der Waals surface area contributed by atoms with E-state index in [1.165, 1.54) is 109 Å². The minimum absolute atomic E-state index is 0.0221. The van der Waals surface area contributed by atoms with Crippen molar-refractivity contribution in [2.75, 3.05) is 26.4 Å². The Morgan fingerprint density at radius 2 is 0.745 bits per heavy atom. The lowest BCUT2D eigenvalue weighted by Crippen LogP contribution is -2.69. The monoisotopic (exact) mass is 1370 g/mol. The van der Waals surface area contributed by atoms with Crippen molar-refractivity contribution < 1.29 is 117 Å². The molecule has 2 aliphatic heterocycles. The van der Waals surface area contributed by atoms with E-state index in [0.29, 0.717) is 25.7 Å². The van der Waals surface area contributed by atoms with Crippen molar-refractivity contribution in [2.24, 2.45) is 0 Å². The first-order valence-corrected chi connectivity index (χ1v) is 37.6. The average Bonchev–Trinajstić information content (AvgIpc) is 0.764. The van der Waals surface area contributed by atoms with Crippen molar-refractivity contribution in [3.8, 4) is 0 Å². The summed E-state index contributed by atoms with van der Waals surface area (Å²) in [6, 6.07) is 0. The van der Waals surface area contributed by atoms with Gasteiger partial charge in [-0.25, -0.2) is 4.57 Å². The van der Waals surface area contributed by atoms with Gasteiger partial charge in [-0.1, -0.05) is 199 Å². The molecule has 24 nitrogen and oxygen atoms in total. The molecule has 0 bridgehead atoms. The third-order valence-corrected chi connectivity index (χ3v) is 18.7. The second-order valence-corrected chi connectivity index (χ2v) is 27.4. The molecular formula is C69H125O24P. The maximum Gasteiger partial charge on any atom is 0.472 e. The number of aliphatic hydroxyl groups is 10. The maximum absolute atomic E-state index is 14.3. The molecule has 550 valence electrons. The number of hydrogen-bond acceptors (Lipinski definition) is 23. The fraction of sp³-hybridized carbons (Fsp3) is 0.899. The van der Waals surface area contributed by atoms with E-state index >= 15 is 0 Å². The Morgan fingerprint density at radius 1 is 0.404 bits per heavy atom. The zero-order valence-electron chi connectivity index (χ0n) is 57.0. The van der Waals surface area contributed by atoms with Crippen LogP contribution in [-0.4, -0.2) is 204 Å². The van der Waals surface area contributed by atoms with Crippen LogP contribution >= 0.6 is 7.82 Å². The third kappa shape index (κ3) is 35.0. The summed E-state index contributed by atoms with van der Waals surface area (Å²) in [6.07, 6.45) is 9.89. The molecule has 0 amide bonds. The number of allylic oxidation sites excluding steroid dienone is 4. The van der Waals surface area contributed by atoms with Crippen LogP contribution in [0.1, 0.15) is 265 Å². The molecular weight excluding hydrogens is 1240 g/mol. The lowest BCUT2D eigenvalue weighted by atomic mass is 9.84. The van der Waals surface area contributed by atoms with E-state index in [1.54, 1.807) is 0 Å². The molecule has 25 heteroatoms. The molecule has 2 saturated heterocycles. The van der Waals surface area contributed by atoms with Gasteiger partial charge in [0.1, 0.15) is 98.7 Å². The highest BCUT2D eigenvalue weighted by atomic mass is 31.2. The summed E-state index contributed by atoms with van der Waals surface area (Å²) in [7, 11) is -5.70. The molecule has 18 atom stereocenters. The molecule has 0 aromatic heterocycles. The van der Waals surface area contributed by atoms with Gasteiger partial charge in [-0.3, -0.25) is 23.4 Å². The Hall–Kier alpha value is -2.56.